The number of carbonyl (C=O) groups is 1. The van der Waals surface area contributed by atoms with Crippen LogP contribution in [0.1, 0.15) is 31.7 Å². The summed E-state index contributed by atoms with van der Waals surface area (Å²) in [5, 5.41) is 18.2. The summed E-state index contributed by atoms with van der Waals surface area (Å²) in [5.41, 5.74) is -0.364. The fourth-order valence-electron chi connectivity index (χ4n) is 2.57. The molecule has 1 N–H and O–H groups in total. The van der Waals surface area contributed by atoms with E-state index in [1.807, 2.05) is 17.9 Å². The number of pyridine rings is 1. The van der Waals surface area contributed by atoms with Crippen molar-refractivity contribution in [1.82, 2.24) is 4.98 Å². The maximum atomic E-state index is 11.5. The summed E-state index contributed by atoms with van der Waals surface area (Å²) in [6, 6.07) is 5.39. The van der Waals surface area contributed by atoms with Crippen molar-refractivity contribution in [3.63, 3.8) is 0 Å². The van der Waals surface area contributed by atoms with E-state index in [2.05, 4.69) is 4.98 Å². The molecular formula is C13H15N3O2. The SMILES string of the molecule is CCC1(C(=O)O)CCCN1c1ccc(C#N)cn1. The van der Waals surface area contributed by atoms with E-state index in [-0.39, 0.29) is 0 Å². The van der Waals surface area contributed by atoms with Gasteiger partial charge in [-0.1, -0.05) is 6.92 Å². The largest absolute Gasteiger partial charge is 0.479 e. The molecule has 0 bridgehead atoms. The number of nitrogens with zero attached hydrogens (tertiary/aromatic N) is 3. The van der Waals surface area contributed by atoms with Crippen LogP contribution in [0, 0.1) is 11.3 Å². The molecule has 1 atom stereocenters. The first-order valence-corrected chi connectivity index (χ1v) is 6.01. The molecule has 0 saturated carbocycles. The van der Waals surface area contributed by atoms with E-state index >= 15 is 0 Å². The molecule has 1 unspecified atom stereocenters. The summed E-state index contributed by atoms with van der Waals surface area (Å²) in [7, 11) is 0. The van der Waals surface area contributed by atoms with Gasteiger partial charge in [0.15, 0.2) is 0 Å². The van der Waals surface area contributed by atoms with Gasteiger partial charge in [-0.25, -0.2) is 9.78 Å². The molecule has 94 valence electrons. The van der Waals surface area contributed by atoms with Crippen molar-refractivity contribution in [1.29, 1.82) is 5.26 Å². The first kappa shape index (κ1) is 12.4. The highest BCUT2D eigenvalue weighted by atomic mass is 16.4. The van der Waals surface area contributed by atoms with Crippen LogP contribution >= 0.6 is 0 Å². The van der Waals surface area contributed by atoms with E-state index in [0.717, 1.165) is 6.42 Å². The van der Waals surface area contributed by atoms with E-state index in [1.165, 1.54) is 6.20 Å². The number of carboxylic acids is 1. The van der Waals surface area contributed by atoms with Gasteiger partial charge < -0.3 is 10.0 Å². The molecule has 1 saturated heterocycles. The van der Waals surface area contributed by atoms with Crippen LogP contribution in [0.15, 0.2) is 18.3 Å². The lowest BCUT2D eigenvalue weighted by Crippen LogP contribution is -2.50. The number of aromatic nitrogens is 1. The zero-order valence-corrected chi connectivity index (χ0v) is 10.3. The number of nitriles is 1. The van der Waals surface area contributed by atoms with Gasteiger partial charge in [0, 0.05) is 12.7 Å². The highest BCUT2D eigenvalue weighted by molar-refractivity contribution is 5.84. The number of carboxylic acid groups (broad SMARTS) is 1. The third-order valence-electron chi connectivity index (χ3n) is 3.63. The summed E-state index contributed by atoms with van der Waals surface area (Å²) >= 11 is 0. The number of hydrogen-bond acceptors (Lipinski definition) is 4. The number of aliphatic carboxylic acids is 1. The molecule has 2 heterocycles. The van der Waals surface area contributed by atoms with Gasteiger partial charge in [0.25, 0.3) is 0 Å². The smallest absolute Gasteiger partial charge is 0.329 e. The van der Waals surface area contributed by atoms with Crippen LogP contribution in [0.2, 0.25) is 0 Å². The highest BCUT2D eigenvalue weighted by Crippen LogP contribution is 2.35. The van der Waals surface area contributed by atoms with Crippen LogP contribution in [0.25, 0.3) is 0 Å². The molecule has 0 spiro atoms. The molecule has 1 aromatic heterocycles. The zero-order valence-electron chi connectivity index (χ0n) is 10.3. The fraction of sp³-hybridized carbons (Fsp3) is 0.462. The fourth-order valence-corrected chi connectivity index (χ4v) is 2.57. The lowest BCUT2D eigenvalue weighted by Gasteiger charge is -2.34. The Morgan fingerprint density at radius 1 is 1.67 bits per heavy atom. The molecule has 1 aliphatic heterocycles. The minimum atomic E-state index is -0.846. The third-order valence-corrected chi connectivity index (χ3v) is 3.63. The Labute approximate surface area is 106 Å². The topological polar surface area (TPSA) is 77.2 Å². The van der Waals surface area contributed by atoms with Gasteiger partial charge in [-0.2, -0.15) is 5.26 Å². The lowest BCUT2D eigenvalue weighted by atomic mass is 9.93. The van der Waals surface area contributed by atoms with Crippen LogP contribution in [0.4, 0.5) is 5.82 Å². The molecule has 0 aliphatic carbocycles. The minimum Gasteiger partial charge on any atom is -0.479 e. The summed E-state index contributed by atoms with van der Waals surface area (Å²) in [5.74, 6) is -0.163. The Morgan fingerprint density at radius 3 is 2.94 bits per heavy atom. The second kappa shape index (κ2) is 4.65. The number of hydrogen-bond donors (Lipinski definition) is 1. The van der Waals surface area contributed by atoms with Crippen molar-refractivity contribution < 1.29 is 9.90 Å². The van der Waals surface area contributed by atoms with Gasteiger partial charge in [-0.05, 0) is 31.4 Å². The van der Waals surface area contributed by atoms with Crippen LogP contribution in [-0.4, -0.2) is 28.1 Å². The molecule has 1 fully saturated rings. The molecular weight excluding hydrogens is 230 g/mol. The van der Waals surface area contributed by atoms with Crippen molar-refractivity contribution in [3.05, 3.63) is 23.9 Å². The summed E-state index contributed by atoms with van der Waals surface area (Å²) in [6.45, 7) is 2.58. The number of rotatable bonds is 3. The normalized spacial score (nSPS) is 22.8. The lowest BCUT2D eigenvalue weighted by molar-refractivity contribution is -0.143. The predicted molar refractivity (Wildman–Crippen MR) is 66.2 cm³/mol. The average Bonchev–Trinajstić information content (AvgIpc) is 2.84. The maximum Gasteiger partial charge on any atom is 0.329 e. The standard InChI is InChI=1S/C13H15N3O2/c1-2-13(12(17)18)6-3-7-16(13)11-5-4-10(8-14)9-15-11/h4-5,9H,2-3,6-7H2,1H3,(H,17,18). The van der Waals surface area contributed by atoms with Gasteiger partial charge in [-0.3, -0.25) is 0 Å². The molecule has 1 aromatic rings. The summed E-state index contributed by atoms with van der Waals surface area (Å²) in [6.07, 6.45) is 3.52. The Bertz CT molecular complexity index is 492. The number of anilines is 1. The molecule has 18 heavy (non-hydrogen) atoms. The second-order valence-electron chi connectivity index (χ2n) is 4.46. The summed E-state index contributed by atoms with van der Waals surface area (Å²) < 4.78 is 0. The van der Waals surface area contributed by atoms with Crippen LogP contribution in [0.3, 0.4) is 0 Å². The average molecular weight is 245 g/mol. The first-order valence-electron chi connectivity index (χ1n) is 6.01. The molecule has 0 aromatic carbocycles. The van der Waals surface area contributed by atoms with Gasteiger partial charge >= 0.3 is 5.97 Å². The van der Waals surface area contributed by atoms with Gasteiger partial charge in [0.05, 0.1) is 5.56 Å². The van der Waals surface area contributed by atoms with Crippen LogP contribution < -0.4 is 4.90 Å². The van der Waals surface area contributed by atoms with Crippen molar-refractivity contribution in [2.24, 2.45) is 0 Å². The quantitative estimate of drug-likeness (QED) is 0.878. The van der Waals surface area contributed by atoms with Crippen molar-refractivity contribution in [2.45, 2.75) is 31.7 Å². The second-order valence-corrected chi connectivity index (χ2v) is 4.46. The minimum absolute atomic E-state index is 0.482. The molecule has 2 rings (SSSR count). The Hall–Kier alpha value is -2.09. The van der Waals surface area contributed by atoms with Gasteiger partial charge in [0.2, 0.25) is 0 Å². The van der Waals surface area contributed by atoms with E-state index in [0.29, 0.717) is 30.8 Å². The van der Waals surface area contributed by atoms with E-state index in [9.17, 15) is 9.90 Å². The van der Waals surface area contributed by atoms with E-state index in [1.54, 1.807) is 12.1 Å². The van der Waals surface area contributed by atoms with E-state index < -0.39 is 11.5 Å². The third kappa shape index (κ3) is 1.80. The maximum absolute atomic E-state index is 11.5. The summed E-state index contributed by atoms with van der Waals surface area (Å²) in [4.78, 5) is 17.6. The van der Waals surface area contributed by atoms with Gasteiger partial charge in [0.1, 0.15) is 17.4 Å². The monoisotopic (exact) mass is 245 g/mol. The van der Waals surface area contributed by atoms with E-state index in [4.69, 9.17) is 5.26 Å². The van der Waals surface area contributed by atoms with Crippen molar-refractivity contribution in [2.75, 3.05) is 11.4 Å². The Balaban J connectivity index is 2.36. The Morgan fingerprint density at radius 2 is 2.44 bits per heavy atom. The molecule has 1 aliphatic rings. The first-order chi connectivity index (χ1) is 8.64. The molecule has 5 heteroatoms. The molecule has 5 nitrogen and oxygen atoms in total. The van der Waals surface area contributed by atoms with Crippen LogP contribution in [-0.2, 0) is 4.79 Å². The zero-order chi connectivity index (χ0) is 13.2. The Kier molecular flexibility index (Phi) is 3.19. The van der Waals surface area contributed by atoms with Crippen molar-refractivity contribution >= 4 is 11.8 Å². The van der Waals surface area contributed by atoms with Crippen LogP contribution in [0.5, 0.6) is 0 Å². The molecule has 0 radical (unpaired) electrons. The van der Waals surface area contributed by atoms with Gasteiger partial charge in [-0.15, -0.1) is 0 Å². The van der Waals surface area contributed by atoms with Crippen molar-refractivity contribution in [3.8, 4) is 6.07 Å². The molecule has 0 amide bonds. The highest BCUT2D eigenvalue weighted by Gasteiger charge is 2.46. The predicted octanol–water partition coefficient (Wildman–Crippen LogP) is 1.79.